The summed E-state index contributed by atoms with van der Waals surface area (Å²) >= 11 is 0. The van der Waals surface area contributed by atoms with E-state index in [1.54, 1.807) is 0 Å². The van der Waals surface area contributed by atoms with Crippen molar-refractivity contribution in [3.63, 3.8) is 0 Å². The minimum atomic E-state index is 0.0330. The van der Waals surface area contributed by atoms with E-state index < -0.39 is 0 Å². The maximum atomic E-state index is 9.45. The third-order valence-corrected chi connectivity index (χ3v) is 7.76. The molecule has 0 aliphatic rings. The van der Waals surface area contributed by atoms with Crippen LogP contribution in [-0.4, -0.2) is 20.4 Å². The number of hydrogen-bond donors (Lipinski definition) is 4. The number of hydrogen-bond acceptors (Lipinski definition) is 4. The quantitative estimate of drug-likeness (QED) is 0.147. The second-order valence-electron chi connectivity index (χ2n) is 10.4. The van der Waals surface area contributed by atoms with Crippen molar-refractivity contribution < 1.29 is 20.4 Å². The number of aliphatic hydroxyl groups excluding tert-OH is 4. The summed E-state index contributed by atoms with van der Waals surface area (Å²) in [6, 6.07) is 47.9. The van der Waals surface area contributed by atoms with Crippen LogP contribution in [0.15, 0.2) is 146 Å². The van der Waals surface area contributed by atoms with E-state index >= 15 is 0 Å². The Kier molecular flexibility index (Phi) is 10.5. The van der Waals surface area contributed by atoms with Crippen LogP contribution in [0.2, 0.25) is 0 Å². The van der Waals surface area contributed by atoms with Gasteiger partial charge in [-0.25, -0.2) is 0 Å². The third-order valence-electron chi connectivity index (χ3n) is 7.76. The van der Waals surface area contributed by atoms with E-state index in [0.29, 0.717) is 0 Å². The van der Waals surface area contributed by atoms with Gasteiger partial charge < -0.3 is 20.4 Å². The van der Waals surface area contributed by atoms with Gasteiger partial charge in [-0.05, 0) is 66.8 Å². The minimum Gasteiger partial charge on any atom is -0.392 e. The zero-order valence-corrected chi connectivity index (χ0v) is 24.5. The van der Waals surface area contributed by atoms with Crippen LogP contribution in [0.3, 0.4) is 0 Å². The molecule has 0 saturated carbocycles. The van der Waals surface area contributed by atoms with Gasteiger partial charge in [-0.15, -0.1) is 0 Å². The van der Waals surface area contributed by atoms with E-state index in [9.17, 15) is 20.4 Å². The topological polar surface area (TPSA) is 80.9 Å². The summed E-state index contributed by atoms with van der Waals surface area (Å²) in [5.41, 5.74) is 12.2. The summed E-state index contributed by atoms with van der Waals surface area (Å²) in [4.78, 5) is 0. The highest BCUT2D eigenvalue weighted by Crippen LogP contribution is 2.30. The molecule has 220 valence electrons. The fraction of sp³-hybridized carbons (Fsp3) is 0.100. The van der Waals surface area contributed by atoms with Gasteiger partial charge in [-0.1, -0.05) is 146 Å². The molecule has 0 bridgehead atoms. The second-order valence-corrected chi connectivity index (χ2v) is 10.4. The largest absolute Gasteiger partial charge is 0.392 e. The Morgan fingerprint density at radius 1 is 0.250 bits per heavy atom. The first-order valence-corrected chi connectivity index (χ1v) is 14.6. The monoisotopic (exact) mass is 580 g/mol. The summed E-state index contributed by atoms with van der Waals surface area (Å²) in [7, 11) is 0. The van der Waals surface area contributed by atoms with Crippen LogP contribution in [-0.2, 0) is 26.4 Å². The highest BCUT2D eigenvalue weighted by molar-refractivity contribution is 5.75. The molecular weight excluding hydrogens is 544 g/mol. The van der Waals surface area contributed by atoms with Gasteiger partial charge in [0.15, 0.2) is 0 Å². The first-order valence-electron chi connectivity index (χ1n) is 14.6. The molecule has 0 aliphatic heterocycles. The fourth-order valence-electron chi connectivity index (χ4n) is 5.42. The fourth-order valence-corrected chi connectivity index (χ4v) is 5.42. The lowest BCUT2D eigenvalue weighted by molar-refractivity contribution is 0.282. The Morgan fingerprint density at radius 2 is 0.432 bits per heavy atom. The lowest BCUT2D eigenvalue weighted by atomic mass is 9.95. The van der Waals surface area contributed by atoms with Gasteiger partial charge in [-0.2, -0.15) is 0 Å². The maximum Gasteiger partial charge on any atom is 0.0687 e. The standard InChI is InChI=1S/2C20H18O2/c2*21-13-17-5-1-3-7-19(17)15-9-11-16(12-10-15)20-8-4-2-6-18(20)14-22/h2*1-12,21-22H,13-14H2. The van der Waals surface area contributed by atoms with Crippen molar-refractivity contribution in [2.24, 2.45) is 0 Å². The number of benzene rings is 6. The highest BCUT2D eigenvalue weighted by Gasteiger charge is 2.08. The average molecular weight is 581 g/mol. The maximum absolute atomic E-state index is 9.45. The summed E-state index contributed by atoms with van der Waals surface area (Å²) in [5, 5.41) is 37.8. The van der Waals surface area contributed by atoms with E-state index in [1.165, 1.54) is 0 Å². The van der Waals surface area contributed by atoms with Gasteiger partial charge in [-0.3, -0.25) is 0 Å². The van der Waals surface area contributed by atoms with Gasteiger partial charge in [0.1, 0.15) is 0 Å². The Morgan fingerprint density at radius 3 is 0.614 bits per heavy atom. The van der Waals surface area contributed by atoms with Crippen LogP contribution in [0.1, 0.15) is 22.3 Å². The first-order chi connectivity index (χ1) is 21.7. The molecule has 0 heterocycles. The van der Waals surface area contributed by atoms with Crippen LogP contribution in [0, 0.1) is 0 Å². The van der Waals surface area contributed by atoms with Gasteiger partial charge in [0.25, 0.3) is 0 Å². The zero-order valence-electron chi connectivity index (χ0n) is 24.5. The van der Waals surface area contributed by atoms with Crippen LogP contribution < -0.4 is 0 Å². The molecule has 0 spiro atoms. The molecule has 0 radical (unpaired) electrons. The lowest BCUT2D eigenvalue weighted by Gasteiger charge is -2.10. The predicted molar refractivity (Wildman–Crippen MR) is 178 cm³/mol. The molecule has 6 aromatic carbocycles. The average Bonchev–Trinajstić information content (AvgIpc) is 3.12. The smallest absolute Gasteiger partial charge is 0.0687 e. The molecule has 0 aliphatic carbocycles. The van der Waals surface area contributed by atoms with Crippen LogP contribution >= 0.6 is 0 Å². The lowest BCUT2D eigenvalue weighted by Crippen LogP contribution is -1.90. The van der Waals surface area contributed by atoms with Crippen LogP contribution in [0.25, 0.3) is 44.5 Å². The molecular formula is C40H36O4. The highest BCUT2D eigenvalue weighted by atomic mass is 16.3. The molecule has 4 heteroatoms. The first kappa shape index (κ1) is 30.6. The molecule has 0 saturated heterocycles. The van der Waals surface area contributed by atoms with Gasteiger partial charge in [0.2, 0.25) is 0 Å². The molecule has 0 atom stereocenters. The summed E-state index contributed by atoms with van der Waals surface area (Å²) in [6.07, 6.45) is 0. The van der Waals surface area contributed by atoms with Crippen molar-refractivity contribution in [2.45, 2.75) is 26.4 Å². The SMILES string of the molecule is OCc1ccccc1-c1ccc(-c2ccccc2CO)cc1.OCc1ccccc1-c1ccc(-c2ccccc2CO)cc1. The number of aliphatic hydroxyl groups is 4. The second kappa shape index (κ2) is 15.1. The van der Waals surface area contributed by atoms with Crippen molar-refractivity contribution in [1.82, 2.24) is 0 Å². The zero-order chi connectivity index (χ0) is 30.7. The van der Waals surface area contributed by atoms with Crippen molar-refractivity contribution >= 4 is 0 Å². The van der Waals surface area contributed by atoms with E-state index in [1.807, 2.05) is 97.1 Å². The Bertz CT molecular complexity index is 1520. The Hall–Kier alpha value is -4.84. The van der Waals surface area contributed by atoms with E-state index in [0.717, 1.165) is 66.8 Å². The molecule has 44 heavy (non-hydrogen) atoms. The molecule has 4 N–H and O–H groups in total. The normalized spacial score (nSPS) is 10.6. The summed E-state index contributed by atoms with van der Waals surface area (Å²) < 4.78 is 0. The predicted octanol–water partition coefficient (Wildman–Crippen LogP) is 8.01. The van der Waals surface area contributed by atoms with Gasteiger partial charge in [0, 0.05) is 0 Å². The van der Waals surface area contributed by atoms with Crippen molar-refractivity contribution in [3.8, 4) is 44.5 Å². The van der Waals surface area contributed by atoms with Crippen LogP contribution in [0.4, 0.5) is 0 Å². The third kappa shape index (κ3) is 7.03. The van der Waals surface area contributed by atoms with Crippen LogP contribution in [0.5, 0.6) is 0 Å². The molecule has 4 nitrogen and oxygen atoms in total. The molecule has 0 fully saturated rings. The molecule has 0 unspecified atom stereocenters. The Balaban J connectivity index is 0.000000175. The van der Waals surface area contributed by atoms with Crippen molar-refractivity contribution in [3.05, 3.63) is 168 Å². The molecule has 6 rings (SSSR count). The van der Waals surface area contributed by atoms with Gasteiger partial charge >= 0.3 is 0 Å². The molecule has 0 amide bonds. The van der Waals surface area contributed by atoms with E-state index in [2.05, 4.69) is 48.5 Å². The number of rotatable bonds is 8. The van der Waals surface area contributed by atoms with E-state index in [4.69, 9.17) is 0 Å². The summed E-state index contributed by atoms with van der Waals surface area (Å²) in [6.45, 7) is 0.132. The van der Waals surface area contributed by atoms with Gasteiger partial charge in [0.05, 0.1) is 26.4 Å². The van der Waals surface area contributed by atoms with Crippen molar-refractivity contribution in [2.75, 3.05) is 0 Å². The molecule has 6 aromatic rings. The van der Waals surface area contributed by atoms with E-state index in [-0.39, 0.29) is 26.4 Å². The Labute approximate surface area is 258 Å². The summed E-state index contributed by atoms with van der Waals surface area (Å²) in [5.74, 6) is 0. The minimum absolute atomic E-state index is 0.0330. The van der Waals surface area contributed by atoms with Crippen molar-refractivity contribution in [1.29, 1.82) is 0 Å². The molecule has 0 aromatic heterocycles.